The van der Waals surface area contributed by atoms with Crippen molar-refractivity contribution in [1.29, 1.82) is 0 Å². The molecule has 1 aromatic carbocycles. The number of aromatic hydroxyl groups is 1. The summed E-state index contributed by atoms with van der Waals surface area (Å²) in [7, 11) is 2.02. The smallest absolute Gasteiger partial charge is 0.115 e. The van der Waals surface area contributed by atoms with E-state index in [0.29, 0.717) is 17.8 Å². The van der Waals surface area contributed by atoms with E-state index in [4.69, 9.17) is 0 Å². The summed E-state index contributed by atoms with van der Waals surface area (Å²) in [5, 5.41) is 12.6. The Morgan fingerprint density at radius 3 is 2.76 bits per heavy atom. The number of likely N-dealkylation sites (tertiary alicyclic amines) is 1. The number of nitrogens with one attached hydrogen (secondary N) is 1. The highest BCUT2D eigenvalue weighted by Gasteiger charge is 2.28. The van der Waals surface area contributed by atoms with Crippen LogP contribution in [0.4, 0.5) is 0 Å². The zero-order valence-electron chi connectivity index (χ0n) is 10.7. The maximum atomic E-state index is 9.32. The number of benzene rings is 1. The molecule has 0 saturated carbocycles. The molecule has 2 atom stereocenters. The SMILES string of the molecule is CNCC1CCCN1C(C)c1ccc(O)cc1. The molecule has 1 aliphatic heterocycles. The molecule has 1 aromatic rings. The first-order chi connectivity index (χ1) is 8.22. The van der Waals surface area contributed by atoms with Crippen molar-refractivity contribution in [3.8, 4) is 5.75 Å². The fourth-order valence-electron chi connectivity index (χ4n) is 2.77. The van der Waals surface area contributed by atoms with Gasteiger partial charge in [-0.3, -0.25) is 4.90 Å². The monoisotopic (exact) mass is 234 g/mol. The van der Waals surface area contributed by atoms with Crippen LogP contribution in [0.15, 0.2) is 24.3 Å². The zero-order valence-corrected chi connectivity index (χ0v) is 10.7. The first kappa shape index (κ1) is 12.4. The van der Waals surface area contributed by atoms with Crippen LogP contribution in [0.5, 0.6) is 5.75 Å². The fraction of sp³-hybridized carbons (Fsp3) is 0.571. The van der Waals surface area contributed by atoms with Gasteiger partial charge in [0.05, 0.1) is 0 Å². The Bertz CT molecular complexity index is 350. The van der Waals surface area contributed by atoms with E-state index in [0.717, 1.165) is 6.54 Å². The Kier molecular flexibility index (Phi) is 4.02. The van der Waals surface area contributed by atoms with Gasteiger partial charge in [0.2, 0.25) is 0 Å². The van der Waals surface area contributed by atoms with E-state index in [9.17, 15) is 5.11 Å². The van der Waals surface area contributed by atoms with Gasteiger partial charge in [-0.15, -0.1) is 0 Å². The van der Waals surface area contributed by atoms with Gasteiger partial charge in [0, 0.05) is 18.6 Å². The summed E-state index contributed by atoms with van der Waals surface area (Å²) in [6.07, 6.45) is 2.57. The van der Waals surface area contributed by atoms with E-state index >= 15 is 0 Å². The fourth-order valence-corrected chi connectivity index (χ4v) is 2.77. The van der Waals surface area contributed by atoms with Gasteiger partial charge in [-0.2, -0.15) is 0 Å². The first-order valence-electron chi connectivity index (χ1n) is 6.41. The van der Waals surface area contributed by atoms with Gasteiger partial charge in [0.1, 0.15) is 5.75 Å². The van der Waals surface area contributed by atoms with Crippen LogP contribution in [0.25, 0.3) is 0 Å². The molecule has 3 nitrogen and oxygen atoms in total. The van der Waals surface area contributed by atoms with Crippen LogP contribution in [0.3, 0.4) is 0 Å². The Morgan fingerprint density at radius 2 is 2.12 bits per heavy atom. The molecule has 17 heavy (non-hydrogen) atoms. The summed E-state index contributed by atoms with van der Waals surface area (Å²) in [6, 6.07) is 8.66. The van der Waals surface area contributed by atoms with Gasteiger partial charge >= 0.3 is 0 Å². The predicted molar refractivity (Wildman–Crippen MR) is 70.2 cm³/mol. The van der Waals surface area contributed by atoms with Crippen LogP contribution in [-0.4, -0.2) is 36.2 Å². The molecule has 3 heteroatoms. The third kappa shape index (κ3) is 2.79. The van der Waals surface area contributed by atoms with Crippen LogP contribution in [0, 0.1) is 0 Å². The van der Waals surface area contributed by atoms with E-state index in [1.54, 1.807) is 12.1 Å². The molecule has 0 aliphatic carbocycles. The van der Waals surface area contributed by atoms with E-state index in [2.05, 4.69) is 17.1 Å². The van der Waals surface area contributed by atoms with Gasteiger partial charge in [0.15, 0.2) is 0 Å². The minimum absolute atomic E-state index is 0.342. The maximum absolute atomic E-state index is 9.32. The highest BCUT2D eigenvalue weighted by atomic mass is 16.3. The maximum Gasteiger partial charge on any atom is 0.115 e. The van der Waals surface area contributed by atoms with E-state index in [1.165, 1.54) is 24.9 Å². The number of hydrogen-bond donors (Lipinski definition) is 2. The topological polar surface area (TPSA) is 35.5 Å². The quantitative estimate of drug-likeness (QED) is 0.838. The summed E-state index contributed by atoms with van der Waals surface area (Å²) in [5.74, 6) is 0.342. The van der Waals surface area contributed by atoms with Crippen LogP contribution in [-0.2, 0) is 0 Å². The van der Waals surface area contributed by atoms with E-state index in [1.807, 2.05) is 19.2 Å². The van der Waals surface area contributed by atoms with Crippen LogP contribution >= 0.6 is 0 Å². The minimum atomic E-state index is 0.342. The number of rotatable bonds is 4. The molecular weight excluding hydrogens is 212 g/mol. The average Bonchev–Trinajstić information content (AvgIpc) is 2.78. The summed E-state index contributed by atoms with van der Waals surface area (Å²) in [6.45, 7) is 4.48. The second-order valence-electron chi connectivity index (χ2n) is 4.86. The Labute approximate surface area is 103 Å². The number of hydrogen-bond acceptors (Lipinski definition) is 3. The lowest BCUT2D eigenvalue weighted by Crippen LogP contribution is -2.38. The number of phenolic OH excluding ortho intramolecular Hbond substituents is 1. The van der Waals surface area contributed by atoms with Gasteiger partial charge in [-0.1, -0.05) is 12.1 Å². The molecule has 0 amide bonds. The van der Waals surface area contributed by atoms with Crippen molar-refractivity contribution in [2.24, 2.45) is 0 Å². The van der Waals surface area contributed by atoms with Gasteiger partial charge in [-0.25, -0.2) is 0 Å². The molecular formula is C14H22N2O. The second-order valence-corrected chi connectivity index (χ2v) is 4.86. The van der Waals surface area contributed by atoms with Crippen molar-refractivity contribution in [3.63, 3.8) is 0 Å². The third-order valence-electron chi connectivity index (χ3n) is 3.74. The lowest BCUT2D eigenvalue weighted by Gasteiger charge is -2.31. The molecule has 1 heterocycles. The van der Waals surface area contributed by atoms with Crippen molar-refractivity contribution < 1.29 is 5.11 Å². The molecule has 2 N–H and O–H groups in total. The number of phenols is 1. The molecule has 1 fully saturated rings. The first-order valence-corrected chi connectivity index (χ1v) is 6.41. The van der Waals surface area contributed by atoms with E-state index in [-0.39, 0.29) is 0 Å². The number of nitrogens with zero attached hydrogens (tertiary/aromatic N) is 1. The summed E-state index contributed by atoms with van der Waals surface area (Å²) < 4.78 is 0. The molecule has 2 rings (SSSR count). The molecule has 2 unspecified atom stereocenters. The predicted octanol–water partition coefficient (Wildman–Crippen LogP) is 2.14. The summed E-state index contributed by atoms with van der Waals surface area (Å²) >= 11 is 0. The Balaban J connectivity index is 2.08. The largest absolute Gasteiger partial charge is 0.508 e. The molecule has 0 bridgehead atoms. The van der Waals surface area contributed by atoms with E-state index < -0.39 is 0 Å². The highest BCUT2D eigenvalue weighted by Crippen LogP contribution is 2.29. The second kappa shape index (κ2) is 5.52. The average molecular weight is 234 g/mol. The van der Waals surface area contributed by atoms with Crippen molar-refractivity contribution in [3.05, 3.63) is 29.8 Å². The normalized spacial score (nSPS) is 22.8. The van der Waals surface area contributed by atoms with Crippen molar-refractivity contribution in [1.82, 2.24) is 10.2 Å². The Morgan fingerprint density at radius 1 is 1.41 bits per heavy atom. The molecule has 0 aromatic heterocycles. The lowest BCUT2D eigenvalue weighted by atomic mass is 10.1. The molecule has 0 radical (unpaired) electrons. The lowest BCUT2D eigenvalue weighted by molar-refractivity contribution is 0.191. The summed E-state index contributed by atoms with van der Waals surface area (Å²) in [5.41, 5.74) is 1.28. The van der Waals surface area contributed by atoms with Crippen molar-refractivity contribution in [2.45, 2.75) is 31.8 Å². The third-order valence-corrected chi connectivity index (χ3v) is 3.74. The minimum Gasteiger partial charge on any atom is -0.508 e. The standard InChI is InChI=1S/C14H22N2O/c1-11(12-5-7-14(17)8-6-12)16-9-3-4-13(16)10-15-2/h5-8,11,13,15,17H,3-4,9-10H2,1-2H3. The molecule has 0 spiro atoms. The molecule has 1 aliphatic rings. The van der Waals surface area contributed by atoms with Crippen LogP contribution < -0.4 is 5.32 Å². The highest BCUT2D eigenvalue weighted by molar-refractivity contribution is 5.28. The van der Waals surface area contributed by atoms with Crippen molar-refractivity contribution in [2.75, 3.05) is 20.1 Å². The van der Waals surface area contributed by atoms with Gasteiger partial charge in [0.25, 0.3) is 0 Å². The Hall–Kier alpha value is -1.06. The molecule has 1 saturated heterocycles. The number of likely N-dealkylation sites (N-methyl/N-ethyl adjacent to an activating group) is 1. The molecule has 94 valence electrons. The van der Waals surface area contributed by atoms with Crippen molar-refractivity contribution >= 4 is 0 Å². The van der Waals surface area contributed by atoms with Gasteiger partial charge < -0.3 is 10.4 Å². The van der Waals surface area contributed by atoms with Gasteiger partial charge in [-0.05, 0) is 51.1 Å². The van der Waals surface area contributed by atoms with Crippen LogP contribution in [0.2, 0.25) is 0 Å². The summed E-state index contributed by atoms with van der Waals surface area (Å²) in [4.78, 5) is 2.56. The zero-order chi connectivity index (χ0) is 12.3. The van der Waals surface area contributed by atoms with Crippen LogP contribution in [0.1, 0.15) is 31.4 Å².